The van der Waals surface area contributed by atoms with Gasteiger partial charge in [-0.05, 0) is 24.1 Å². The molecule has 1 saturated heterocycles. The zero-order valence-electron chi connectivity index (χ0n) is 16.1. The summed E-state index contributed by atoms with van der Waals surface area (Å²) in [7, 11) is -0.880. The first-order valence-electron chi connectivity index (χ1n) is 9.30. The minimum absolute atomic E-state index is 0.115. The average Bonchev–Trinajstić information content (AvgIpc) is 3.01. The van der Waals surface area contributed by atoms with Gasteiger partial charge in [-0.15, -0.1) is 0 Å². The van der Waals surface area contributed by atoms with Crippen LogP contribution in [0.4, 0.5) is 0 Å². The second kappa shape index (κ2) is 7.15. The molecule has 2 aromatic carbocycles. The molecular weight excluding hydrogens is 390 g/mol. The zero-order chi connectivity index (χ0) is 20.8. The smallest absolute Gasteiger partial charge is 0.336 e. The molecule has 3 unspecified atom stereocenters. The Hall–Kier alpha value is -2.93. The molecular formula is C22H21NO5S. The van der Waals surface area contributed by atoms with Crippen molar-refractivity contribution in [3.8, 4) is 0 Å². The van der Waals surface area contributed by atoms with E-state index in [0.717, 1.165) is 0 Å². The van der Waals surface area contributed by atoms with Crippen molar-refractivity contribution in [2.75, 3.05) is 14.2 Å². The quantitative estimate of drug-likeness (QED) is 0.719. The molecule has 29 heavy (non-hydrogen) atoms. The fourth-order valence-electron chi connectivity index (χ4n) is 4.38. The lowest BCUT2D eigenvalue weighted by atomic mass is 9.82. The van der Waals surface area contributed by atoms with Crippen molar-refractivity contribution in [1.29, 1.82) is 0 Å². The highest BCUT2D eigenvalue weighted by Crippen LogP contribution is 2.46. The molecule has 0 radical (unpaired) electrons. The van der Waals surface area contributed by atoms with E-state index < -0.39 is 33.0 Å². The Labute approximate surface area is 169 Å². The van der Waals surface area contributed by atoms with Crippen LogP contribution in [0.1, 0.15) is 17.9 Å². The zero-order valence-corrected chi connectivity index (χ0v) is 16.9. The molecule has 2 aromatic rings. The summed E-state index contributed by atoms with van der Waals surface area (Å²) in [4.78, 5) is 28.0. The number of methoxy groups -OCH3 is 1. The predicted molar refractivity (Wildman–Crippen MR) is 107 cm³/mol. The van der Waals surface area contributed by atoms with Crippen LogP contribution in [-0.2, 0) is 24.2 Å². The highest BCUT2D eigenvalue weighted by atomic mass is 32.2. The van der Waals surface area contributed by atoms with Gasteiger partial charge >= 0.3 is 5.97 Å². The van der Waals surface area contributed by atoms with Crippen molar-refractivity contribution in [3.63, 3.8) is 0 Å². The number of carbonyl (C=O) groups excluding carboxylic acids is 2. The SMILES string of the molecule is COC(=O)C1=C2C(S(=O)(=O)c3ccccc3)CC(C(=O)C1c1ccccc1)N2C. The molecule has 0 spiro atoms. The molecule has 0 saturated carbocycles. The fourth-order valence-corrected chi connectivity index (χ4v) is 6.27. The van der Waals surface area contributed by atoms with Crippen LogP contribution in [0.2, 0.25) is 0 Å². The lowest BCUT2D eigenvalue weighted by Gasteiger charge is -2.34. The third-order valence-corrected chi connectivity index (χ3v) is 7.85. The fraction of sp³-hybridized carbons (Fsp3) is 0.273. The highest BCUT2D eigenvalue weighted by Gasteiger charge is 2.54. The van der Waals surface area contributed by atoms with Crippen molar-refractivity contribution in [1.82, 2.24) is 4.90 Å². The van der Waals surface area contributed by atoms with Crippen LogP contribution in [0.15, 0.2) is 76.8 Å². The summed E-state index contributed by atoms with van der Waals surface area (Å²) in [6, 6.07) is 16.5. The molecule has 0 amide bonds. The first-order valence-corrected chi connectivity index (χ1v) is 10.9. The van der Waals surface area contributed by atoms with Crippen molar-refractivity contribution < 1.29 is 22.7 Å². The first kappa shape index (κ1) is 19.4. The lowest BCUT2D eigenvalue weighted by molar-refractivity contribution is -0.138. The van der Waals surface area contributed by atoms with Crippen LogP contribution in [-0.4, -0.2) is 50.5 Å². The van der Waals surface area contributed by atoms with Crippen molar-refractivity contribution >= 4 is 21.6 Å². The largest absolute Gasteiger partial charge is 0.466 e. The van der Waals surface area contributed by atoms with Gasteiger partial charge in [0, 0.05) is 12.7 Å². The number of hydrogen-bond donors (Lipinski definition) is 0. The Morgan fingerprint density at radius 1 is 1.03 bits per heavy atom. The molecule has 2 bridgehead atoms. The maximum atomic E-state index is 13.4. The van der Waals surface area contributed by atoms with E-state index in [1.165, 1.54) is 19.2 Å². The van der Waals surface area contributed by atoms with Gasteiger partial charge in [0.25, 0.3) is 0 Å². The Bertz CT molecular complexity index is 1090. The monoisotopic (exact) mass is 411 g/mol. The van der Waals surface area contributed by atoms with E-state index in [4.69, 9.17) is 4.74 Å². The second-order valence-electron chi connectivity index (χ2n) is 7.25. The van der Waals surface area contributed by atoms with E-state index in [-0.39, 0.29) is 22.7 Å². The van der Waals surface area contributed by atoms with Crippen molar-refractivity contribution in [2.45, 2.75) is 28.5 Å². The van der Waals surface area contributed by atoms with Gasteiger partial charge in [-0.25, -0.2) is 13.2 Å². The lowest BCUT2D eigenvalue weighted by Crippen LogP contribution is -2.43. The molecule has 7 heteroatoms. The summed E-state index contributed by atoms with van der Waals surface area (Å²) in [5.41, 5.74) is 1.13. The number of sulfone groups is 1. The van der Waals surface area contributed by atoms with E-state index in [9.17, 15) is 18.0 Å². The summed E-state index contributed by atoms with van der Waals surface area (Å²) in [5, 5.41) is -0.980. The van der Waals surface area contributed by atoms with Crippen LogP contribution in [0.3, 0.4) is 0 Å². The number of hydrogen-bond acceptors (Lipinski definition) is 6. The number of ketones is 1. The number of rotatable bonds is 4. The Kier molecular flexibility index (Phi) is 4.78. The first-order chi connectivity index (χ1) is 13.9. The number of fused-ring (bicyclic) bond motifs is 2. The Balaban J connectivity index is 1.94. The van der Waals surface area contributed by atoms with Gasteiger partial charge in [-0.3, -0.25) is 4.79 Å². The van der Waals surface area contributed by atoms with E-state index in [2.05, 4.69) is 0 Å². The molecule has 150 valence electrons. The Morgan fingerprint density at radius 2 is 1.62 bits per heavy atom. The molecule has 1 fully saturated rings. The number of carbonyl (C=O) groups is 2. The number of Topliss-reactive ketones (excluding diaryl/α,β-unsaturated/α-hetero) is 1. The molecule has 3 atom stereocenters. The van der Waals surface area contributed by atoms with Crippen LogP contribution < -0.4 is 0 Å². The normalized spacial score (nSPS) is 24.0. The summed E-state index contributed by atoms with van der Waals surface area (Å²) in [5.74, 6) is -1.70. The average molecular weight is 411 g/mol. The van der Waals surface area contributed by atoms with E-state index in [1.54, 1.807) is 54.4 Å². The highest BCUT2D eigenvalue weighted by molar-refractivity contribution is 7.92. The minimum atomic E-state index is -3.79. The van der Waals surface area contributed by atoms with Crippen molar-refractivity contribution in [2.24, 2.45) is 0 Å². The predicted octanol–water partition coefficient (Wildman–Crippen LogP) is 2.33. The maximum Gasteiger partial charge on any atom is 0.336 e. The molecule has 2 heterocycles. The minimum Gasteiger partial charge on any atom is -0.466 e. The van der Waals surface area contributed by atoms with E-state index >= 15 is 0 Å². The molecule has 2 aliphatic rings. The molecule has 4 rings (SSSR count). The molecule has 0 aliphatic carbocycles. The second-order valence-corrected chi connectivity index (χ2v) is 9.38. The van der Waals surface area contributed by atoms with Gasteiger partial charge in [0.1, 0.15) is 5.25 Å². The van der Waals surface area contributed by atoms with E-state index in [0.29, 0.717) is 11.3 Å². The number of esters is 1. The van der Waals surface area contributed by atoms with Crippen LogP contribution in [0, 0.1) is 0 Å². The summed E-state index contributed by atoms with van der Waals surface area (Å²) >= 11 is 0. The molecule has 2 aliphatic heterocycles. The van der Waals surface area contributed by atoms with Gasteiger partial charge in [-0.2, -0.15) is 0 Å². The number of likely N-dealkylation sites (N-methyl/N-ethyl adjacent to an activating group) is 1. The summed E-state index contributed by atoms with van der Waals surface area (Å²) in [6.45, 7) is 0. The molecule has 0 aromatic heterocycles. The molecule has 0 N–H and O–H groups in total. The van der Waals surface area contributed by atoms with Gasteiger partial charge in [0.05, 0.1) is 29.5 Å². The van der Waals surface area contributed by atoms with Crippen molar-refractivity contribution in [3.05, 3.63) is 77.5 Å². The third kappa shape index (κ3) is 2.97. The third-order valence-electron chi connectivity index (χ3n) is 5.75. The van der Waals surface area contributed by atoms with Gasteiger partial charge in [0.15, 0.2) is 15.6 Å². The van der Waals surface area contributed by atoms with Gasteiger partial charge < -0.3 is 9.64 Å². The van der Waals surface area contributed by atoms with E-state index in [1.807, 2.05) is 6.07 Å². The number of nitrogens with zero attached hydrogens (tertiary/aromatic N) is 1. The molecule has 6 nitrogen and oxygen atoms in total. The van der Waals surface area contributed by atoms with Gasteiger partial charge in [-0.1, -0.05) is 48.5 Å². The Morgan fingerprint density at radius 3 is 2.21 bits per heavy atom. The summed E-state index contributed by atoms with van der Waals surface area (Å²) < 4.78 is 31.8. The van der Waals surface area contributed by atoms with Crippen LogP contribution in [0.5, 0.6) is 0 Å². The standard InChI is InChI=1S/C22H21NO5S/c1-23-16-13-17(29(26,27)15-11-7-4-8-12-15)20(23)19(22(25)28-2)18(21(16)24)14-9-5-3-6-10-14/h3-12,16-18H,13H2,1-2H3. The van der Waals surface area contributed by atoms with Crippen LogP contribution >= 0.6 is 0 Å². The topological polar surface area (TPSA) is 80.8 Å². The van der Waals surface area contributed by atoms with Crippen LogP contribution in [0.25, 0.3) is 0 Å². The maximum absolute atomic E-state index is 13.4. The summed E-state index contributed by atoms with van der Waals surface area (Å²) in [6.07, 6.45) is 0.117. The number of benzene rings is 2. The van der Waals surface area contributed by atoms with Gasteiger partial charge in [0.2, 0.25) is 0 Å². The number of ether oxygens (including phenoxy) is 1.